The Bertz CT molecular complexity index is 594. The van der Waals surface area contributed by atoms with Crippen molar-refractivity contribution in [2.45, 2.75) is 4.90 Å². The first kappa shape index (κ1) is 11.9. The third-order valence-electron chi connectivity index (χ3n) is 2.01. The van der Waals surface area contributed by atoms with E-state index in [1.807, 2.05) is 0 Å². The third-order valence-corrected chi connectivity index (χ3v) is 4.21. The Labute approximate surface area is 103 Å². The van der Waals surface area contributed by atoms with Gasteiger partial charge in [-0.3, -0.25) is 4.72 Å². The molecule has 5 nitrogen and oxygen atoms in total. The Kier molecular flexibility index (Phi) is 3.30. The molecule has 0 atom stereocenters. The largest absolute Gasteiger partial charge is 0.495 e. The zero-order chi connectivity index (χ0) is 12.3. The lowest BCUT2D eigenvalue weighted by atomic mass is 10.3. The number of nitrogens with zero attached hydrogens (tertiary/aromatic N) is 1. The fourth-order valence-electron chi connectivity index (χ4n) is 1.28. The van der Waals surface area contributed by atoms with E-state index in [0.717, 1.165) is 0 Å². The maximum Gasteiger partial charge on any atom is 0.267 e. The first-order chi connectivity index (χ1) is 8.13. The van der Waals surface area contributed by atoms with Crippen LogP contribution in [0.1, 0.15) is 0 Å². The molecule has 0 aliphatic carbocycles. The average Bonchev–Trinajstić information content (AvgIpc) is 2.81. The molecule has 17 heavy (non-hydrogen) atoms. The summed E-state index contributed by atoms with van der Waals surface area (Å²) in [7, 11) is -2.22. The van der Waals surface area contributed by atoms with Gasteiger partial charge < -0.3 is 4.74 Å². The van der Waals surface area contributed by atoms with Gasteiger partial charge in [0.2, 0.25) is 0 Å². The topological polar surface area (TPSA) is 68.3 Å². The SMILES string of the molecule is COc1ccccc1S(=O)(=O)Nc1nccs1. The van der Waals surface area contributed by atoms with Crippen molar-refractivity contribution in [3.8, 4) is 5.75 Å². The number of sulfonamides is 1. The summed E-state index contributed by atoms with van der Waals surface area (Å²) >= 11 is 1.22. The number of aromatic nitrogens is 1. The summed E-state index contributed by atoms with van der Waals surface area (Å²) in [5, 5.41) is 2.02. The maximum absolute atomic E-state index is 12.1. The van der Waals surface area contributed by atoms with Crippen LogP contribution in [0.3, 0.4) is 0 Å². The van der Waals surface area contributed by atoms with Crippen molar-refractivity contribution in [3.63, 3.8) is 0 Å². The van der Waals surface area contributed by atoms with Crippen molar-refractivity contribution in [3.05, 3.63) is 35.8 Å². The zero-order valence-corrected chi connectivity index (χ0v) is 10.6. The van der Waals surface area contributed by atoms with E-state index in [2.05, 4.69) is 9.71 Å². The fraction of sp³-hybridized carbons (Fsp3) is 0.100. The molecule has 2 aromatic rings. The molecule has 0 aliphatic rings. The van der Waals surface area contributed by atoms with Gasteiger partial charge in [-0.05, 0) is 12.1 Å². The van der Waals surface area contributed by atoms with E-state index in [1.165, 1.54) is 30.7 Å². The minimum Gasteiger partial charge on any atom is -0.495 e. The molecular weight excluding hydrogens is 260 g/mol. The summed E-state index contributed by atoms with van der Waals surface area (Å²) in [6, 6.07) is 6.42. The van der Waals surface area contributed by atoms with Gasteiger partial charge in [-0.1, -0.05) is 12.1 Å². The van der Waals surface area contributed by atoms with Crippen LogP contribution in [-0.4, -0.2) is 20.5 Å². The normalized spacial score (nSPS) is 11.1. The van der Waals surface area contributed by atoms with Crippen LogP contribution in [0.4, 0.5) is 5.13 Å². The lowest BCUT2D eigenvalue weighted by molar-refractivity contribution is 0.403. The Hall–Kier alpha value is -1.60. The summed E-state index contributed by atoms with van der Waals surface area (Å²) in [6.07, 6.45) is 1.53. The van der Waals surface area contributed by atoms with Crippen molar-refractivity contribution >= 4 is 26.5 Å². The second-order valence-electron chi connectivity index (χ2n) is 3.09. The van der Waals surface area contributed by atoms with Gasteiger partial charge >= 0.3 is 0 Å². The molecule has 0 bridgehead atoms. The summed E-state index contributed by atoms with van der Waals surface area (Å²) in [5.74, 6) is 0.302. The van der Waals surface area contributed by atoms with Gasteiger partial charge in [0.05, 0.1) is 7.11 Å². The lowest BCUT2D eigenvalue weighted by Gasteiger charge is -2.09. The van der Waals surface area contributed by atoms with Gasteiger partial charge in [0.15, 0.2) is 5.13 Å². The molecule has 1 aromatic heterocycles. The minimum atomic E-state index is -3.65. The summed E-state index contributed by atoms with van der Waals surface area (Å²) in [6.45, 7) is 0. The lowest BCUT2D eigenvalue weighted by Crippen LogP contribution is -2.13. The molecule has 2 rings (SSSR count). The molecule has 0 unspecified atom stereocenters. The van der Waals surface area contributed by atoms with Crippen molar-refractivity contribution in [2.24, 2.45) is 0 Å². The number of thiazole rings is 1. The third kappa shape index (κ3) is 2.56. The quantitative estimate of drug-likeness (QED) is 0.922. The highest BCUT2D eigenvalue weighted by molar-refractivity contribution is 7.93. The number of ether oxygens (including phenoxy) is 1. The highest BCUT2D eigenvalue weighted by Crippen LogP contribution is 2.25. The number of hydrogen-bond donors (Lipinski definition) is 1. The number of hydrogen-bond acceptors (Lipinski definition) is 5. The van der Waals surface area contributed by atoms with Crippen molar-refractivity contribution in [1.29, 1.82) is 0 Å². The number of rotatable bonds is 4. The number of para-hydroxylation sites is 1. The predicted molar refractivity (Wildman–Crippen MR) is 65.9 cm³/mol. The second-order valence-corrected chi connectivity index (χ2v) is 5.64. The van der Waals surface area contributed by atoms with Gasteiger partial charge in [0, 0.05) is 11.6 Å². The maximum atomic E-state index is 12.1. The summed E-state index contributed by atoms with van der Waals surface area (Å²) in [5.41, 5.74) is 0. The Morgan fingerprint density at radius 2 is 2.12 bits per heavy atom. The average molecular weight is 270 g/mol. The number of methoxy groups -OCH3 is 1. The van der Waals surface area contributed by atoms with E-state index in [9.17, 15) is 8.42 Å². The minimum absolute atomic E-state index is 0.0951. The van der Waals surface area contributed by atoms with E-state index < -0.39 is 10.0 Å². The highest BCUT2D eigenvalue weighted by atomic mass is 32.2. The second kappa shape index (κ2) is 4.72. The van der Waals surface area contributed by atoms with Gasteiger partial charge in [-0.25, -0.2) is 13.4 Å². The van der Waals surface area contributed by atoms with E-state index in [-0.39, 0.29) is 4.90 Å². The van der Waals surface area contributed by atoms with E-state index in [0.29, 0.717) is 10.9 Å². The zero-order valence-electron chi connectivity index (χ0n) is 8.95. The molecule has 1 heterocycles. The fourth-order valence-corrected chi connectivity index (χ4v) is 3.24. The molecular formula is C10H10N2O3S2. The van der Waals surface area contributed by atoms with Gasteiger partial charge in [-0.2, -0.15) is 0 Å². The predicted octanol–water partition coefficient (Wildman–Crippen LogP) is 1.95. The Morgan fingerprint density at radius 1 is 1.35 bits per heavy atom. The molecule has 7 heteroatoms. The van der Waals surface area contributed by atoms with Gasteiger partial charge in [0.25, 0.3) is 10.0 Å². The molecule has 0 fully saturated rings. The molecule has 90 valence electrons. The molecule has 0 amide bonds. The van der Waals surface area contributed by atoms with Crippen LogP contribution in [0.25, 0.3) is 0 Å². The molecule has 0 spiro atoms. The van der Waals surface area contributed by atoms with Crippen LogP contribution in [0.5, 0.6) is 5.75 Å². The summed E-state index contributed by atoms with van der Waals surface area (Å²) < 4.78 is 31.5. The van der Waals surface area contributed by atoms with Crippen molar-refractivity contribution in [2.75, 3.05) is 11.8 Å². The standard InChI is InChI=1S/C10H10N2O3S2/c1-15-8-4-2-3-5-9(8)17(13,14)12-10-11-6-7-16-10/h2-7H,1H3,(H,11,12). The van der Waals surface area contributed by atoms with Crippen molar-refractivity contribution < 1.29 is 13.2 Å². The first-order valence-electron chi connectivity index (χ1n) is 4.69. The monoisotopic (exact) mass is 270 g/mol. The smallest absolute Gasteiger partial charge is 0.267 e. The Morgan fingerprint density at radius 3 is 2.76 bits per heavy atom. The first-order valence-corrected chi connectivity index (χ1v) is 7.05. The number of anilines is 1. The van der Waals surface area contributed by atoms with E-state index in [1.54, 1.807) is 23.6 Å². The number of nitrogens with one attached hydrogen (secondary N) is 1. The van der Waals surface area contributed by atoms with Crippen LogP contribution in [0, 0.1) is 0 Å². The molecule has 0 saturated heterocycles. The van der Waals surface area contributed by atoms with Crippen molar-refractivity contribution in [1.82, 2.24) is 4.98 Å². The van der Waals surface area contributed by atoms with E-state index in [4.69, 9.17) is 4.74 Å². The van der Waals surface area contributed by atoms with Crippen LogP contribution in [-0.2, 0) is 10.0 Å². The summed E-state index contributed by atoms with van der Waals surface area (Å²) in [4.78, 5) is 3.96. The van der Waals surface area contributed by atoms with Crippen LogP contribution in [0.15, 0.2) is 40.7 Å². The molecule has 0 saturated carbocycles. The van der Waals surface area contributed by atoms with Gasteiger partial charge in [-0.15, -0.1) is 11.3 Å². The number of benzene rings is 1. The molecule has 1 aromatic carbocycles. The van der Waals surface area contributed by atoms with E-state index >= 15 is 0 Å². The highest BCUT2D eigenvalue weighted by Gasteiger charge is 2.19. The van der Waals surface area contributed by atoms with Crippen LogP contribution >= 0.6 is 11.3 Å². The van der Waals surface area contributed by atoms with Gasteiger partial charge in [0.1, 0.15) is 10.6 Å². The van der Waals surface area contributed by atoms with Crippen LogP contribution in [0.2, 0.25) is 0 Å². The molecule has 0 aliphatic heterocycles. The Balaban J connectivity index is 2.38. The molecule has 1 N–H and O–H groups in total. The molecule has 0 radical (unpaired) electrons. The van der Waals surface area contributed by atoms with Crippen LogP contribution < -0.4 is 9.46 Å².